The van der Waals surface area contributed by atoms with Gasteiger partial charge in [0.15, 0.2) is 5.82 Å². The summed E-state index contributed by atoms with van der Waals surface area (Å²) >= 11 is 6.09. The molecule has 0 unspecified atom stereocenters. The topological polar surface area (TPSA) is 50.2 Å². The van der Waals surface area contributed by atoms with Crippen molar-refractivity contribution in [3.05, 3.63) is 64.8 Å². The number of carbonyl (C=O) groups excluding carboxylic acids is 1. The number of aryl methyl sites for hydroxylation is 1. The summed E-state index contributed by atoms with van der Waals surface area (Å²) in [5, 5.41) is 8.76. The van der Waals surface area contributed by atoms with Gasteiger partial charge in [0.25, 0.3) is 0 Å². The lowest BCUT2D eigenvalue weighted by Gasteiger charge is -2.26. The molecule has 2 heterocycles. The molecule has 0 saturated heterocycles. The largest absolute Gasteiger partial charge is 0.338 e. The van der Waals surface area contributed by atoms with Crippen molar-refractivity contribution in [1.29, 1.82) is 0 Å². The van der Waals surface area contributed by atoms with Gasteiger partial charge >= 0.3 is 0 Å². The number of hydrogen-bond acceptors (Lipinski definition) is 3. The maximum absolute atomic E-state index is 11.8. The second kappa shape index (κ2) is 7.08. The molecule has 27 heavy (non-hydrogen) atoms. The van der Waals surface area contributed by atoms with Crippen LogP contribution in [0.25, 0.3) is 11.1 Å². The number of benzene rings is 2. The fraction of sp³-hybridized carbons (Fsp3) is 0.238. The Kier molecular flexibility index (Phi) is 4.62. The Balaban J connectivity index is 1.57. The van der Waals surface area contributed by atoms with E-state index in [0.717, 1.165) is 46.2 Å². The molecule has 1 amide bonds. The van der Waals surface area contributed by atoms with E-state index in [0.29, 0.717) is 6.54 Å². The third-order valence-corrected chi connectivity index (χ3v) is 5.23. The van der Waals surface area contributed by atoms with Gasteiger partial charge in [-0.05, 0) is 35.4 Å². The quantitative estimate of drug-likeness (QED) is 0.733. The molecule has 0 aliphatic carbocycles. The minimum absolute atomic E-state index is 0.0985. The highest BCUT2D eigenvalue weighted by Gasteiger charge is 2.25. The summed E-state index contributed by atoms with van der Waals surface area (Å²) in [4.78, 5) is 13.6. The van der Waals surface area contributed by atoms with Crippen LogP contribution in [0.2, 0.25) is 5.02 Å². The number of halogens is 1. The van der Waals surface area contributed by atoms with Crippen LogP contribution in [-0.2, 0) is 24.8 Å². The molecule has 1 aliphatic heterocycles. The SMILES string of the molecule is CC(=O)N1CCc2c(c(Nc3ccc(-c4cccc(Cl)c4)cc3)nn2C)C1. The molecule has 0 radical (unpaired) electrons. The molecule has 2 aromatic carbocycles. The second-order valence-electron chi connectivity index (χ2n) is 6.80. The summed E-state index contributed by atoms with van der Waals surface area (Å²) < 4.78 is 1.91. The molecule has 4 rings (SSSR count). The minimum atomic E-state index is 0.0985. The van der Waals surface area contributed by atoms with E-state index in [1.165, 1.54) is 5.69 Å². The number of nitrogens with zero attached hydrogens (tertiary/aromatic N) is 3. The Morgan fingerprint density at radius 1 is 1.15 bits per heavy atom. The van der Waals surface area contributed by atoms with Crippen LogP contribution < -0.4 is 5.32 Å². The number of carbonyl (C=O) groups is 1. The molecule has 0 atom stereocenters. The van der Waals surface area contributed by atoms with E-state index in [1.54, 1.807) is 6.92 Å². The number of fused-ring (bicyclic) bond motifs is 1. The van der Waals surface area contributed by atoms with Crippen LogP contribution in [0.15, 0.2) is 48.5 Å². The monoisotopic (exact) mass is 380 g/mol. The van der Waals surface area contributed by atoms with E-state index in [2.05, 4.69) is 22.5 Å². The van der Waals surface area contributed by atoms with Crippen LogP contribution in [0, 0.1) is 0 Å². The van der Waals surface area contributed by atoms with Gasteiger partial charge in [-0.1, -0.05) is 35.9 Å². The molecule has 0 bridgehead atoms. The van der Waals surface area contributed by atoms with Crippen LogP contribution in [0.3, 0.4) is 0 Å². The molecule has 5 nitrogen and oxygen atoms in total. The first-order valence-corrected chi connectivity index (χ1v) is 9.32. The highest BCUT2D eigenvalue weighted by molar-refractivity contribution is 6.30. The Hall–Kier alpha value is -2.79. The van der Waals surface area contributed by atoms with E-state index in [9.17, 15) is 4.79 Å². The maximum atomic E-state index is 11.8. The summed E-state index contributed by atoms with van der Waals surface area (Å²) in [6.45, 7) is 2.96. The van der Waals surface area contributed by atoms with Gasteiger partial charge in [0.1, 0.15) is 0 Å². The normalized spacial score (nSPS) is 13.4. The Bertz CT molecular complexity index is 994. The molecule has 1 aromatic heterocycles. The smallest absolute Gasteiger partial charge is 0.219 e. The first-order valence-electron chi connectivity index (χ1n) is 8.94. The Morgan fingerprint density at radius 2 is 1.93 bits per heavy atom. The molecular weight excluding hydrogens is 360 g/mol. The Labute approximate surface area is 163 Å². The van der Waals surface area contributed by atoms with Crippen LogP contribution in [0.5, 0.6) is 0 Å². The number of anilines is 2. The molecule has 138 valence electrons. The van der Waals surface area contributed by atoms with Crippen molar-refractivity contribution in [3.63, 3.8) is 0 Å². The summed E-state index contributed by atoms with van der Waals surface area (Å²) in [7, 11) is 1.95. The first kappa shape index (κ1) is 17.6. The van der Waals surface area contributed by atoms with E-state index in [-0.39, 0.29) is 5.91 Å². The molecule has 0 fully saturated rings. The zero-order valence-corrected chi connectivity index (χ0v) is 16.1. The van der Waals surface area contributed by atoms with Gasteiger partial charge in [-0.2, -0.15) is 5.10 Å². The fourth-order valence-corrected chi connectivity index (χ4v) is 3.70. The average Bonchev–Trinajstić information content (AvgIpc) is 2.97. The van der Waals surface area contributed by atoms with E-state index in [1.807, 2.05) is 53.0 Å². The van der Waals surface area contributed by atoms with Crippen LogP contribution >= 0.6 is 11.6 Å². The maximum Gasteiger partial charge on any atom is 0.219 e. The predicted molar refractivity (Wildman–Crippen MR) is 108 cm³/mol. The van der Waals surface area contributed by atoms with Crippen molar-refractivity contribution < 1.29 is 4.79 Å². The van der Waals surface area contributed by atoms with Crippen LogP contribution in [0.4, 0.5) is 11.5 Å². The summed E-state index contributed by atoms with van der Waals surface area (Å²) in [5.41, 5.74) is 5.43. The Morgan fingerprint density at radius 3 is 2.63 bits per heavy atom. The number of amides is 1. The van der Waals surface area contributed by atoms with Crippen LogP contribution in [-0.4, -0.2) is 27.1 Å². The number of rotatable bonds is 3. The van der Waals surface area contributed by atoms with Gasteiger partial charge in [-0.3, -0.25) is 9.48 Å². The number of nitrogens with one attached hydrogen (secondary N) is 1. The number of aromatic nitrogens is 2. The van der Waals surface area contributed by atoms with Gasteiger partial charge in [-0.25, -0.2) is 0 Å². The predicted octanol–water partition coefficient (Wildman–Crippen LogP) is 4.39. The van der Waals surface area contributed by atoms with Crippen molar-refractivity contribution in [2.24, 2.45) is 7.05 Å². The zero-order valence-electron chi connectivity index (χ0n) is 15.4. The van der Waals surface area contributed by atoms with Crippen molar-refractivity contribution in [3.8, 4) is 11.1 Å². The highest BCUT2D eigenvalue weighted by atomic mass is 35.5. The molecular formula is C21H21ClN4O. The van der Waals surface area contributed by atoms with Gasteiger partial charge in [0.2, 0.25) is 5.91 Å². The lowest BCUT2D eigenvalue weighted by Crippen LogP contribution is -2.34. The van der Waals surface area contributed by atoms with E-state index >= 15 is 0 Å². The van der Waals surface area contributed by atoms with Gasteiger partial charge < -0.3 is 10.2 Å². The highest BCUT2D eigenvalue weighted by Crippen LogP contribution is 2.29. The van der Waals surface area contributed by atoms with Gasteiger partial charge in [0.05, 0.1) is 6.54 Å². The molecule has 1 N–H and O–H groups in total. The fourth-order valence-electron chi connectivity index (χ4n) is 3.51. The lowest BCUT2D eigenvalue weighted by molar-refractivity contribution is -0.129. The third kappa shape index (κ3) is 3.55. The van der Waals surface area contributed by atoms with Gasteiger partial charge in [-0.15, -0.1) is 0 Å². The summed E-state index contributed by atoms with van der Waals surface area (Å²) in [6, 6.07) is 16.0. The first-order chi connectivity index (χ1) is 13.0. The van der Waals surface area contributed by atoms with E-state index < -0.39 is 0 Å². The third-order valence-electron chi connectivity index (χ3n) is 4.99. The van der Waals surface area contributed by atoms with Gasteiger partial charge in [0, 0.05) is 48.9 Å². The summed E-state index contributed by atoms with van der Waals surface area (Å²) in [5.74, 6) is 0.912. The van der Waals surface area contributed by atoms with Crippen molar-refractivity contribution in [1.82, 2.24) is 14.7 Å². The molecule has 3 aromatic rings. The average molecular weight is 381 g/mol. The van der Waals surface area contributed by atoms with Crippen molar-refractivity contribution in [2.75, 3.05) is 11.9 Å². The van der Waals surface area contributed by atoms with Crippen molar-refractivity contribution >= 4 is 29.0 Å². The second-order valence-corrected chi connectivity index (χ2v) is 7.24. The molecule has 0 saturated carbocycles. The standard InChI is InChI=1S/C21H21ClN4O/c1-14(27)26-11-10-20-19(13-26)21(24-25(20)2)23-18-8-6-15(7-9-18)16-4-3-5-17(22)12-16/h3-9,12H,10-11,13H2,1-2H3,(H,23,24). The van der Waals surface area contributed by atoms with Crippen molar-refractivity contribution in [2.45, 2.75) is 19.9 Å². The molecule has 6 heteroatoms. The summed E-state index contributed by atoms with van der Waals surface area (Å²) in [6.07, 6.45) is 0.827. The lowest BCUT2D eigenvalue weighted by atomic mass is 10.1. The molecule has 1 aliphatic rings. The number of hydrogen-bond donors (Lipinski definition) is 1. The zero-order chi connectivity index (χ0) is 19.0. The van der Waals surface area contributed by atoms with Crippen LogP contribution in [0.1, 0.15) is 18.2 Å². The van der Waals surface area contributed by atoms with E-state index in [4.69, 9.17) is 11.6 Å². The minimum Gasteiger partial charge on any atom is -0.338 e. The molecule has 0 spiro atoms.